The highest BCUT2D eigenvalue weighted by Crippen LogP contribution is 2.52. The lowest BCUT2D eigenvalue weighted by Crippen LogP contribution is -2.36. The molecule has 0 saturated carbocycles. The van der Waals surface area contributed by atoms with E-state index in [1.165, 1.54) is 14.7 Å². The van der Waals surface area contributed by atoms with E-state index in [0.717, 1.165) is 52.0 Å². The molecular weight excluding hydrogens is 502 g/mol. The van der Waals surface area contributed by atoms with Crippen molar-refractivity contribution in [3.63, 3.8) is 0 Å². The van der Waals surface area contributed by atoms with Gasteiger partial charge < -0.3 is 19.9 Å². The summed E-state index contributed by atoms with van der Waals surface area (Å²) in [5.74, 6) is 0.772. The van der Waals surface area contributed by atoms with Crippen LogP contribution < -0.4 is 15.8 Å². The maximum absolute atomic E-state index is 12.6. The molecule has 188 valence electrons. The SMILES string of the molecule is Cc1cnc(C(C)Nc2ccc3c(c2)Sc2cccc(-c4cc(N5CCOCC5)cc(=O)[nH]4)c2S3)nc1. The lowest BCUT2D eigenvalue weighted by atomic mass is 10.1. The largest absolute Gasteiger partial charge is 0.378 e. The van der Waals surface area contributed by atoms with Gasteiger partial charge in [-0.25, -0.2) is 9.97 Å². The topological polar surface area (TPSA) is 83.1 Å². The van der Waals surface area contributed by atoms with Gasteiger partial charge in [0, 0.05) is 68.1 Å². The molecule has 0 amide bonds. The number of fused-ring (bicyclic) bond motifs is 2. The number of aryl methyl sites for hydroxylation is 1. The summed E-state index contributed by atoms with van der Waals surface area (Å²) in [5, 5.41) is 3.53. The molecule has 37 heavy (non-hydrogen) atoms. The second-order valence-corrected chi connectivity index (χ2v) is 11.3. The third-order valence-corrected chi connectivity index (χ3v) is 9.02. The molecule has 2 aliphatic heterocycles. The molecule has 1 saturated heterocycles. The number of anilines is 2. The molecule has 4 aromatic rings. The number of nitrogens with zero attached hydrogens (tertiary/aromatic N) is 3. The van der Waals surface area contributed by atoms with Crippen molar-refractivity contribution in [1.82, 2.24) is 15.0 Å². The third-order valence-electron chi connectivity index (χ3n) is 6.42. The van der Waals surface area contributed by atoms with E-state index in [9.17, 15) is 4.79 Å². The highest BCUT2D eigenvalue weighted by molar-refractivity contribution is 8.05. The Morgan fingerprint density at radius 3 is 2.62 bits per heavy atom. The van der Waals surface area contributed by atoms with Crippen molar-refractivity contribution in [3.8, 4) is 11.3 Å². The summed E-state index contributed by atoms with van der Waals surface area (Å²) in [5.41, 5.74) is 4.82. The number of hydrogen-bond acceptors (Lipinski definition) is 8. The molecule has 9 heteroatoms. The number of H-pyrrole nitrogens is 1. The first-order valence-electron chi connectivity index (χ1n) is 12.3. The Balaban J connectivity index is 1.27. The molecular formula is C28H27N5O2S2. The highest BCUT2D eigenvalue weighted by atomic mass is 32.2. The van der Waals surface area contributed by atoms with Crippen molar-refractivity contribution < 1.29 is 4.74 Å². The maximum atomic E-state index is 12.6. The first-order chi connectivity index (χ1) is 18.0. The van der Waals surface area contributed by atoms with Crippen LogP contribution in [0.4, 0.5) is 11.4 Å². The predicted octanol–water partition coefficient (Wildman–Crippen LogP) is 5.77. The molecule has 2 aromatic carbocycles. The monoisotopic (exact) mass is 529 g/mol. The van der Waals surface area contributed by atoms with Crippen LogP contribution in [-0.2, 0) is 4.74 Å². The van der Waals surface area contributed by atoms with Crippen LogP contribution in [0.3, 0.4) is 0 Å². The molecule has 0 aliphatic carbocycles. The lowest BCUT2D eigenvalue weighted by molar-refractivity contribution is 0.122. The van der Waals surface area contributed by atoms with Crippen LogP contribution in [0.5, 0.6) is 0 Å². The fourth-order valence-corrected chi connectivity index (χ4v) is 6.94. The smallest absolute Gasteiger partial charge is 0.250 e. The zero-order chi connectivity index (χ0) is 25.4. The summed E-state index contributed by atoms with van der Waals surface area (Å²) in [6.45, 7) is 7.00. The minimum atomic E-state index is -0.0900. The molecule has 4 heterocycles. The first-order valence-corrected chi connectivity index (χ1v) is 13.9. The molecule has 2 aliphatic rings. The minimum Gasteiger partial charge on any atom is -0.378 e. The zero-order valence-electron chi connectivity index (χ0n) is 20.7. The third kappa shape index (κ3) is 5.12. The molecule has 1 fully saturated rings. The fraction of sp³-hybridized carbons (Fsp3) is 0.250. The van der Waals surface area contributed by atoms with Crippen molar-refractivity contribution in [2.75, 3.05) is 36.5 Å². The molecule has 2 aromatic heterocycles. The number of aromatic nitrogens is 3. The molecule has 7 nitrogen and oxygen atoms in total. The van der Waals surface area contributed by atoms with Gasteiger partial charge in [0.25, 0.3) is 0 Å². The minimum absolute atomic E-state index is 0.00523. The van der Waals surface area contributed by atoms with Crippen molar-refractivity contribution in [1.29, 1.82) is 0 Å². The van der Waals surface area contributed by atoms with Crippen LogP contribution in [-0.4, -0.2) is 41.3 Å². The summed E-state index contributed by atoms with van der Waals surface area (Å²) in [4.78, 5) is 31.5. The summed E-state index contributed by atoms with van der Waals surface area (Å²) in [6, 6.07) is 16.5. The normalized spacial score (nSPS) is 15.6. The number of morpholine rings is 1. The van der Waals surface area contributed by atoms with E-state index in [0.29, 0.717) is 13.2 Å². The summed E-state index contributed by atoms with van der Waals surface area (Å²) in [6.07, 6.45) is 3.69. The average Bonchev–Trinajstić information content (AvgIpc) is 2.92. The Hall–Kier alpha value is -3.27. The van der Waals surface area contributed by atoms with Gasteiger partial charge in [0.15, 0.2) is 0 Å². The first kappa shape index (κ1) is 24.1. The number of benzene rings is 2. The van der Waals surface area contributed by atoms with Crippen LogP contribution >= 0.6 is 23.5 Å². The van der Waals surface area contributed by atoms with Crippen LogP contribution in [0.2, 0.25) is 0 Å². The van der Waals surface area contributed by atoms with E-state index in [-0.39, 0.29) is 11.6 Å². The van der Waals surface area contributed by atoms with E-state index in [1.54, 1.807) is 29.6 Å². The van der Waals surface area contributed by atoms with E-state index in [2.05, 4.69) is 74.6 Å². The standard InChI is InChI=1S/C28H27N5O2S2/c1-17-15-29-28(30-16-17)18(2)31-19-6-7-23-25(12-19)36-24-5-3-4-21(27(24)37-23)22-13-20(14-26(34)32-22)33-8-10-35-11-9-33/h3-7,12-16,18,31H,8-11H2,1-2H3,(H,32,34). The molecule has 2 N–H and O–H groups in total. The van der Waals surface area contributed by atoms with Gasteiger partial charge in [-0.1, -0.05) is 35.7 Å². The van der Waals surface area contributed by atoms with Crippen molar-refractivity contribution in [2.24, 2.45) is 0 Å². The Bertz CT molecular complexity index is 1500. The number of rotatable bonds is 5. The summed E-state index contributed by atoms with van der Waals surface area (Å²) >= 11 is 3.50. The predicted molar refractivity (Wildman–Crippen MR) is 149 cm³/mol. The second kappa shape index (κ2) is 10.2. The van der Waals surface area contributed by atoms with Crippen molar-refractivity contribution in [2.45, 2.75) is 39.5 Å². The molecule has 0 bridgehead atoms. The molecule has 1 atom stereocenters. The number of ether oxygens (including phenoxy) is 1. The lowest BCUT2D eigenvalue weighted by Gasteiger charge is -2.29. The second-order valence-electron chi connectivity index (χ2n) is 9.20. The zero-order valence-corrected chi connectivity index (χ0v) is 22.3. The van der Waals surface area contributed by atoms with E-state index >= 15 is 0 Å². The van der Waals surface area contributed by atoms with Crippen LogP contribution in [0.15, 0.2) is 85.3 Å². The number of aromatic amines is 1. The quantitative estimate of drug-likeness (QED) is 0.297. The Morgan fingerprint density at radius 1 is 1.00 bits per heavy atom. The number of hydrogen-bond donors (Lipinski definition) is 2. The molecule has 0 spiro atoms. The highest BCUT2D eigenvalue weighted by Gasteiger charge is 2.22. The van der Waals surface area contributed by atoms with Crippen LogP contribution in [0, 0.1) is 6.92 Å². The number of nitrogens with one attached hydrogen (secondary N) is 2. The summed E-state index contributed by atoms with van der Waals surface area (Å²) < 4.78 is 5.49. The molecule has 1 unspecified atom stereocenters. The maximum Gasteiger partial charge on any atom is 0.250 e. The fourth-order valence-electron chi connectivity index (χ4n) is 4.52. The van der Waals surface area contributed by atoms with Gasteiger partial charge in [0.05, 0.1) is 24.9 Å². The van der Waals surface area contributed by atoms with Gasteiger partial charge in [-0.05, 0) is 49.7 Å². The van der Waals surface area contributed by atoms with E-state index < -0.39 is 0 Å². The van der Waals surface area contributed by atoms with E-state index in [4.69, 9.17) is 4.74 Å². The average molecular weight is 530 g/mol. The van der Waals surface area contributed by atoms with E-state index in [1.807, 2.05) is 19.3 Å². The van der Waals surface area contributed by atoms with Crippen LogP contribution in [0.1, 0.15) is 24.4 Å². The van der Waals surface area contributed by atoms with Crippen LogP contribution in [0.25, 0.3) is 11.3 Å². The Labute approximate surface area is 224 Å². The van der Waals surface area contributed by atoms with Crippen molar-refractivity contribution >= 4 is 34.9 Å². The van der Waals surface area contributed by atoms with Gasteiger partial charge in [-0.3, -0.25) is 4.79 Å². The van der Waals surface area contributed by atoms with Gasteiger partial charge in [-0.2, -0.15) is 0 Å². The van der Waals surface area contributed by atoms with Gasteiger partial charge in [-0.15, -0.1) is 0 Å². The van der Waals surface area contributed by atoms with Gasteiger partial charge >= 0.3 is 0 Å². The van der Waals surface area contributed by atoms with Crippen molar-refractivity contribution in [3.05, 3.63) is 82.7 Å². The van der Waals surface area contributed by atoms with Gasteiger partial charge in [0.2, 0.25) is 5.56 Å². The molecule has 0 radical (unpaired) electrons. The number of pyridine rings is 1. The Kier molecular flexibility index (Phi) is 6.67. The Morgan fingerprint density at radius 2 is 1.81 bits per heavy atom. The van der Waals surface area contributed by atoms with Gasteiger partial charge in [0.1, 0.15) is 5.82 Å². The summed E-state index contributed by atoms with van der Waals surface area (Å²) in [7, 11) is 0. The molecule has 6 rings (SSSR count).